The van der Waals surface area contributed by atoms with Crippen LogP contribution in [0.15, 0.2) is 54.6 Å². The second kappa shape index (κ2) is 12.1. The van der Waals surface area contributed by atoms with Gasteiger partial charge in [0.25, 0.3) is 0 Å². The summed E-state index contributed by atoms with van der Waals surface area (Å²) in [5.41, 5.74) is 5.77. The summed E-state index contributed by atoms with van der Waals surface area (Å²) in [6.45, 7) is 4.59. The summed E-state index contributed by atoms with van der Waals surface area (Å²) in [5.74, 6) is -3.57. The van der Waals surface area contributed by atoms with E-state index in [1.54, 1.807) is 63.2 Å². The Morgan fingerprint density at radius 2 is 1.60 bits per heavy atom. The molecule has 0 fully saturated rings. The normalized spacial score (nSPS) is 13.8. The molecule has 0 spiro atoms. The second-order valence-electron chi connectivity index (χ2n) is 8.97. The quantitative estimate of drug-likeness (QED) is 0.231. The number of ketones is 1. The van der Waals surface area contributed by atoms with Crippen molar-refractivity contribution in [3.63, 3.8) is 0 Å². The van der Waals surface area contributed by atoms with E-state index in [1.807, 2.05) is 0 Å². The molecule has 0 radical (unpaired) electrons. The van der Waals surface area contributed by atoms with E-state index >= 15 is 0 Å². The van der Waals surface area contributed by atoms with Crippen LogP contribution in [0.25, 0.3) is 0 Å². The van der Waals surface area contributed by atoms with Crippen molar-refractivity contribution in [3.05, 3.63) is 65.7 Å². The smallest absolute Gasteiger partial charge is 0.328 e. The molecule has 3 unspecified atom stereocenters. The molecule has 0 aromatic heterocycles. The van der Waals surface area contributed by atoms with Gasteiger partial charge in [-0.15, -0.1) is 0 Å². The molecule has 188 valence electrons. The molecule has 2 aromatic rings. The van der Waals surface area contributed by atoms with Gasteiger partial charge in [0.05, 0.1) is 12.6 Å². The number of carbonyl (C=O) groups excluding carboxylic acids is 3. The van der Waals surface area contributed by atoms with Gasteiger partial charge in [0.2, 0.25) is 5.91 Å². The van der Waals surface area contributed by atoms with Crippen LogP contribution >= 0.6 is 0 Å². The van der Waals surface area contributed by atoms with Gasteiger partial charge in [0, 0.05) is 0 Å². The number of ether oxygens (including phenoxy) is 1. The Bertz CT molecular complexity index is 1030. The largest absolute Gasteiger partial charge is 0.508 e. The lowest BCUT2D eigenvalue weighted by molar-refractivity contribution is -0.158. The minimum absolute atomic E-state index is 0.0480. The number of carbonyl (C=O) groups is 4. The predicted molar refractivity (Wildman–Crippen MR) is 127 cm³/mol. The van der Waals surface area contributed by atoms with Crippen LogP contribution in [0.1, 0.15) is 37.9 Å². The minimum Gasteiger partial charge on any atom is -0.508 e. The van der Waals surface area contributed by atoms with Crippen LogP contribution in [-0.4, -0.2) is 58.1 Å². The van der Waals surface area contributed by atoms with Gasteiger partial charge in [-0.05, 0) is 50.5 Å². The Labute approximate surface area is 203 Å². The number of phenolic OH excluding ortho intramolecular Hbond substituents is 1. The highest BCUT2D eigenvalue weighted by Gasteiger charge is 2.32. The number of carboxylic acid groups (broad SMARTS) is 1. The molecule has 6 N–H and O–H groups in total. The van der Waals surface area contributed by atoms with Crippen molar-refractivity contribution in [2.45, 2.75) is 50.9 Å². The van der Waals surface area contributed by atoms with Gasteiger partial charge in [-0.25, -0.2) is 4.79 Å². The molecule has 2 aromatic carbocycles. The summed E-state index contributed by atoms with van der Waals surface area (Å²) in [6, 6.07) is 11.1. The number of nitrogens with two attached hydrogens (primary N) is 1. The average molecular weight is 486 g/mol. The van der Waals surface area contributed by atoms with Gasteiger partial charge < -0.3 is 26.0 Å². The molecular formula is C25H31N3O7. The Kier molecular flexibility index (Phi) is 9.50. The highest BCUT2D eigenvalue weighted by molar-refractivity contribution is 6.04. The number of rotatable bonds is 11. The third kappa shape index (κ3) is 8.84. The van der Waals surface area contributed by atoms with Crippen molar-refractivity contribution in [2.24, 2.45) is 5.73 Å². The SMILES string of the molecule is CC(C)(C)OC(=O)C(NC(Cc1ccc(O)cc1)C(=O)NCC(=O)C(N)C(=O)O)c1ccccc1. The van der Waals surface area contributed by atoms with Crippen LogP contribution < -0.4 is 16.4 Å². The third-order valence-corrected chi connectivity index (χ3v) is 4.89. The molecule has 0 saturated carbocycles. The Balaban J connectivity index is 2.32. The zero-order chi connectivity index (χ0) is 26.2. The summed E-state index contributed by atoms with van der Waals surface area (Å²) >= 11 is 0. The predicted octanol–water partition coefficient (Wildman–Crippen LogP) is 1.07. The zero-order valence-corrected chi connectivity index (χ0v) is 19.9. The first-order valence-electron chi connectivity index (χ1n) is 11.0. The van der Waals surface area contributed by atoms with E-state index in [4.69, 9.17) is 15.6 Å². The molecule has 0 bridgehead atoms. The molecule has 10 nitrogen and oxygen atoms in total. The highest BCUT2D eigenvalue weighted by Crippen LogP contribution is 2.21. The highest BCUT2D eigenvalue weighted by atomic mass is 16.6. The minimum atomic E-state index is -1.77. The van der Waals surface area contributed by atoms with Gasteiger partial charge in [0.15, 0.2) is 11.8 Å². The number of aromatic hydroxyl groups is 1. The maximum Gasteiger partial charge on any atom is 0.328 e. The standard InChI is InChI=1S/C25H31N3O7/c1-25(2,3)35-24(34)21(16-7-5-4-6-8-16)28-18(13-15-9-11-17(29)12-10-15)22(31)27-14-19(30)20(26)23(32)33/h4-12,18,20-21,28-29H,13-14,26H2,1-3H3,(H,27,31)(H,32,33). The molecule has 10 heteroatoms. The average Bonchev–Trinajstić information content (AvgIpc) is 2.79. The zero-order valence-electron chi connectivity index (χ0n) is 19.9. The number of Topliss-reactive ketones (excluding diaryl/α,β-unsaturated/α-hetero) is 1. The number of hydrogen-bond acceptors (Lipinski definition) is 8. The molecule has 0 aliphatic heterocycles. The van der Waals surface area contributed by atoms with Crippen molar-refractivity contribution in [1.82, 2.24) is 10.6 Å². The van der Waals surface area contributed by atoms with E-state index in [0.717, 1.165) is 0 Å². The summed E-state index contributed by atoms with van der Waals surface area (Å²) in [4.78, 5) is 49.0. The number of hydrogen-bond donors (Lipinski definition) is 5. The van der Waals surface area contributed by atoms with Crippen LogP contribution in [0.4, 0.5) is 0 Å². The lowest BCUT2D eigenvalue weighted by atomic mass is 10.0. The van der Waals surface area contributed by atoms with Crippen LogP contribution in [0.3, 0.4) is 0 Å². The fourth-order valence-corrected chi connectivity index (χ4v) is 3.15. The molecule has 3 atom stereocenters. The van der Waals surface area contributed by atoms with Crippen molar-refractivity contribution < 1.29 is 34.1 Å². The van der Waals surface area contributed by atoms with Crippen molar-refractivity contribution in [3.8, 4) is 5.75 Å². The van der Waals surface area contributed by atoms with Crippen molar-refractivity contribution in [1.29, 1.82) is 0 Å². The summed E-state index contributed by atoms with van der Waals surface area (Å²) in [7, 11) is 0. The molecule has 0 heterocycles. The fourth-order valence-electron chi connectivity index (χ4n) is 3.15. The molecular weight excluding hydrogens is 454 g/mol. The van der Waals surface area contributed by atoms with Gasteiger partial charge in [0.1, 0.15) is 17.4 Å². The van der Waals surface area contributed by atoms with Gasteiger partial charge in [-0.2, -0.15) is 0 Å². The first-order valence-corrected chi connectivity index (χ1v) is 11.0. The molecule has 2 rings (SSSR count). The van der Waals surface area contributed by atoms with Crippen molar-refractivity contribution in [2.75, 3.05) is 6.54 Å². The van der Waals surface area contributed by atoms with Gasteiger partial charge in [-0.3, -0.25) is 19.7 Å². The van der Waals surface area contributed by atoms with Crippen LogP contribution in [0.2, 0.25) is 0 Å². The van der Waals surface area contributed by atoms with Gasteiger partial charge in [-0.1, -0.05) is 42.5 Å². The molecule has 1 amide bonds. The van der Waals surface area contributed by atoms with E-state index < -0.39 is 53.9 Å². The summed E-state index contributed by atoms with van der Waals surface area (Å²) in [5, 5.41) is 23.9. The maximum atomic E-state index is 13.1. The molecule has 35 heavy (non-hydrogen) atoms. The summed E-state index contributed by atoms with van der Waals surface area (Å²) in [6.07, 6.45) is 0.0947. The fraction of sp³-hybridized carbons (Fsp3) is 0.360. The van der Waals surface area contributed by atoms with Crippen molar-refractivity contribution >= 4 is 23.6 Å². The number of aliphatic carboxylic acids is 1. The summed E-state index contributed by atoms with van der Waals surface area (Å²) < 4.78 is 5.55. The molecule has 0 saturated heterocycles. The number of nitrogens with one attached hydrogen (secondary N) is 2. The number of phenols is 1. The number of carboxylic acids is 1. The Hall–Kier alpha value is -3.76. The van der Waals surface area contributed by atoms with E-state index in [2.05, 4.69) is 10.6 Å². The van der Waals surface area contributed by atoms with Crippen LogP contribution in [0.5, 0.6) is 5.75 Å². The monoisotopic (exact) mass is 485 g/mol. The number of benzene rings is 2. The Morgan fingerprint density at radius 3 is 2.14 bits per heavy atom. The number of amides is 1. The maximum absolute atomic E-state index is 13.1. The molecule has 0 aliphatic carbocycles. The Morgan fingerprint density at radius 1 is 1.00 bits per heavy atom. The van der Waals surface area contributed by atoms with E-state index in [-0.39, 0.29) is 12.2 Å². The van der Waals surface area contributed by atoms with Gasteiger partial charge >= 0.3 is 11.9 Å². The third-order valence-electron chi connectivity index (χ3n) is 4.89. The van der Waals surface area contributed by atoms with E-state index in [9.17, 15) is 24.3 Å². The van der Waals surface area contributed by atoms with E-state index in [1.165, 1.54) is 12.1 Å². The topological polar surface area (TPSA) is 168 Å². The lowest BCUT2D eigenvalue weighted by Crippen LogP contribution is -2.52. The second-order valence-corrected chi connectivity index (χ2v) is 8.97. The van der Waals surface area contributed by atoms with E-state index in [0.29, 0.717) is 11.1 Å². The molecule has 0 aliphatic rings. The first-order chi connectivity index (χ1) is 16.4. The first kappa shape index (κ1) is 27.5. The number of esters is 1. The van der Waals surface area contributed by atoms with Crippen LogP contribution in [0, 0.1) is 0 Å². The van der Waals surface area contributed by atoms with Crippen LogP contribution in [-0.2, 0) is 30.3 Å². The lowest BCUT2D eigenvalue weighted by Gasteiger charge is -2.28.